The van der Waals surface area contributed by atoms with Gasteiger partial charge in [-0.3, -0.25) is 4.79 Å². The molecule has 0 radical (unpaired) electrons. The molecule has 0 fully saturated rings. The average molecular weight is 379 g/mol. The van der Waals surface area contributed by atoms with E-state index in [0.717, 1.165) is 5.75 Å². The molecule has 2 N–H and O–H groups in total. The SMILES string of the molecule is CC(C)(c1ccccc1)c1ccc(OCc2ccc(C(=O)NCCO)o2)cc1. The van der Waals surface area contributed by atoms with E-state index in [9.17, 15) is 4.79 Å². The number of aliphatic hydroxyl groups is 1. The molecule has 0 bridgehead atoms. The van der Waals surface area contributed by atoms with Crippen LogP contribution in [-0.4, -0.2) is 24.2 Å². The summed E-state index contributed by atoms with van der Waals surface area (Å²) >= 11 is 0. The lowest BCUT2D eigenvalue weighted by molar-refractivity contribution is 0.0913. The van der Waals surface area contributed by atoms with Crippen molar-refractivity contribution in [1.29, 1.82) is 0 Å². The lowest BCUT2D eigenvalue weighted by atomic mass is 9.78. The Morgan fingerprint density at radius 2 is 1.68 bits per heavy atom. The van der Waals surface area contributed by atoms with Crippen molar-refractivity contribution in [3.05, 3.63) is 89.4 Å². The minimum absolute atomic E-state index is 0.0996. The summed E-state index contributed by atoms with van der Waals surface area (Å²) in [5, 5.41) is 11.3. The molecule has 0 unspecified atom stereocenters. The van der Waals surface area contributed by atoms with Gasteiger partial charge in [-0.05, 0) is 35.4 Å². The zero-order valence-corrected chi connectivity index (χ0v) is 16.1. The van der Waals surface area contributed by atoms with Crippen LogP contribution < -0.4 is 10.1 Å². The van der Waals surface area contributed by atoms with Gasteiger partial charge in [-0.25, -0.2) is 0 Å². The monoisotopic (exact) mass is 379 g/mol. The summed E-state index contributed by atoms with van der Waals surface area (Å²) in [5.74, 6) is 1.14. The third-order valence-electron chi connectivity index (χ3n) is 4.74. The van der Waals surface area contributed by atoms with Gasteiger partial charge >= 0.3 is 0 Å². The van der Waals surface area contributed by atoms with Crippen LogP contribution in [-0.2, 0) is 12.0 Å². The minimum atomic E-state index is -0.354. The Kier molecular flexibility index (Phi) is 6.16. The van der Waals surface area contributed by atoms with Crippen molar-refractivity contribution in [3.8, 4) is 5.75 Å². The quantitative estimate of drug-likeness (QED) is 0.623. The van der Waals surface area contributed by atoms with E-state index in [0.29, 0.717) is 5.76 Å². The standard InChI is InChI=1S/C23H25NO4/c1-23(2,17-6-4-3-5-7-17)18-8-10-19(11-9-18)27-16-20-12-13-21(28-20)22(26)24-14-15-25/h3-13,25H,14-16H2,1-2H3,(H,24,26). The van der Waals surface area contributed by atoms with Crippen LogP contribution in [0.2, 0.25) is 0 Å². The fourth-order valence-electron chi connectivity index (χ4n) is 2.98. The number of aliphatic hydroxyl groups excluding tert-OH is 1. The molecule has 0 aliphatic rings. The zero-order chi connectivity index (χ0) is 20.0. The van der Waals surface area contributed by atoms with Crippen LogP contribution in [0.15, 0.2) is 71.1 Å². The first-order valence-corrected chi connectivity index (χ1v) is 9.27. The summed E-state index contributed by atoms with van der Waals surface area (Å²) < 4.78 is 11.3. The molecule has 1 aromatic heterocycles. The van der Waals surface area contributed by atoms with Gasteiger partial charge in [0.05, 0.1) is 6.61 Å². The van der Waals surface area contributed by atoms with Crippen molar-refractivity contribution in [2.75, 3.05) is 13.2 Å². The summed E-state index contributed by atoms with van der Waals surface area (Å²) in [6.45, 7) is 4.71. The highest BCUT2D eigenvalue weighted by Crippen LogP contribution is 2.32. The maximum Gasteiger partial charge on any atom is 0.287 e. The molecular weight excluding hydrogens is 354 g/mol. The summed E-state index contributed by atoms with van der Waals surface area (Å²) in [4.78, 5) is 11.8. The van der Waals surface area contributed by atoms with E-state index >= 15 is 0 Å². The normalized spacial score (nSPS) is 11.2. The average Bonchev–Trinajstić information content (AvgIpc) is 3.20. The molecular formula is C23H25NO4. The molecule has 0 aliphatic heterocycles. The molecule has 1 heterocycles. The number of carbonyl (C=O) groups is 1. The Morgan fingerprint density at radius 1 is 1.00 bits per heavy atom. The van der Waals surface area contributed by atoms with E-state index in [-0.39, 0.29) is 36.8 Å². The van der Waals surface area contributed by atoms with Gasteiger partial charge in [0.1, 0.15) is 18.1 Å². The first-order valence-electron chi connectivity index (χ1n) is 9.27. The van der Waals surface area contributed by atoms with Gasteiger partial charge in [-0.15, -0.1) is 0 Å². The van der Waals surface area contributed by atoms with E-state index in [4.69, 9.17) is 14.3 Å². The molecule has 28 heavy (non-hydrogen) atoms. The Balaban J connectivity index is 1.61. The summed E-state index contributed by atoms with van der Waals surface area (Å²) in [5.41, 5.74) is 2.36. The number of amides is 1. The van der Waals surface area contributed by atoms with Crippen LogP contribution in [0.25, 0.3) is 0 Å². The Bertz CT molecular complexity index is 898. The van der Waals surface area contributed by atoms with E-state index < -0.39 is 0 Å². The molecule has 0 saturated heterocycles. The van der Waals surface area contributed by atoms with Gasteiger partial charge in [-0.2, -0.15) is 0 Å². The van der Waals surface area contributed by atoms with Crippen LogP contribution >= 0.6 is 0 Å². The molecule has 3 aromatic rings. The molecule has 3 rings (SSSR count). The van der Waals surface area contributed by atoms with E-state index in [2.05, 4.69) is 55.6 Å². The molecule has 5 nitrogen and oxygen atoms in total. The Hall–Kier alpha value is -3.05. The highest BCUT2D eigenvalue weighted by atomic mass is 16.5. The fraction of sp³-hybridized carbons (Fsp3) is 0.261. The number of carbonyl (C=O) groups excluding carboxylic acids is 1. The van der Waals surface area contributed by atoms with Crippen LogP contribution in [0.5, 0.6) is 5.75 Å². The largest absolute Gasteiger partial charge is 0.486 e. The highest BCUT2D eigenvalue weighted by molar-refractivity contribution is 5.91. The van der Waals surface area contributed by atoms with Crippen LogP contribution in [0.1, 0.15) is 41.3 Å². The second-order valence-electron chi connectivity index (χ2n) is 7.05. The molecule has 0 saturated carbocycles. The van der Waals surface area contributed by atoms with E-state index in [1.807, 2.05) is 18.2 Å². The maximum absolute atomic E-state index is 11.8. The highest BCUT2D eigenvalue weighted by Gasteiger charge is 2.22. The minimum Gasteiger partial charge on any atom is -0.486 e. The number of benzene rings is 2. The second-order valence-corrected chi connectivity index (χ2v) is 7.05. The topological polar surface area (TPSA) is 71.7 Å². The number of hydrogen-bond donors (Lipinski definition) is 2. The lowest BCUT2D eigenvalue weighted by Crippen LogP contribution is -2.25. The third-order valence-corrected chi connectivity index (χ3v) is 4.74. The predicted molar refractivity (Wildman–Crippen MR) is 107 cm³/mol. The Morgan fingerprint density at radius 3 is 2.36 bits per heavy atom. The smallest absolute Gasteiger partial charge is 0.287 e. The van der Waals surface area contributed by atoms with Crippen LogP contribution in [0.4, 0.5) is 0 Å². The molecule has 5 heteroatoms. The predicted octanol–water partition coefficient (Wildman–Crippen LogP) is 3.91. The number of furan rings is 1. The molecule has 0 atom stereocenters. The number of ether oxygens (including phenoxy) is 1. The Labute approximate surface area is 165 Å². The van der Waals surface area contributed by atoms with Crippen LogP contribution in [0, 0.1) is 0 Å². The van der Waals surface area contributed by atoms with Crippen molar-refractivity contribution in [1.82, 2.24) is 5.32 Å². The number of nitrogens with one attached hydrogen (secondary N) is 1. The van der Waals surface area contributed by atoms with Crippen molar-refractivity contribution in [2.45, 2.75) is 25.9 Å². The van der Waals surface area contributed by atoms with Gasteiger partial charge in [0.25, 0.3) is 5.91 Å². The first-order chi connectivity index (χ1) is 13.5. The molecule has 146 valence electrons. The molecule has 0 spiro atoms. The lowest BCUT2D eigenvalue weighted by Gasteiger charge is -2.26. The molecule has 2 aromatic carbocycles. The van der Waals surface area contributed by atoms with Gasteiger partial charge in [0.2, 0.25) is 0 Å². The third kappa shape index (κ3) is 4.61. The van der Waals surface area contributed by atoms with Gasteiger partial charge in [0.15, 0.2) is 5.76 Å². The van der Waals surface area contributed by atoms with Crippen molar-refractivity contribution in [3.63, 3.8) is 0 Å². The summed E-state index contributed by atoms with van der Waals surface area (Å²) in [6, 6.07) is 21.7. The van der Waals surface area contributed by atoms with Gasteiger partial charge < -0.3 is 19.6 Å². The van der Waals surface area contributed by atoms with Gasteiger partial charge in [0, 0.05) is 12.0 Å². The first kappa shape index (κ1) is 19.7. The van der Waals surface area contributed by atoms with E-state index in [1.165, 1.54) is 11.1 Å². The molecule has 0 aliphatic carbocycles. The summed E-state index contributed by atoms with van der Waals surface area (Å²) in [6.07, 6.45) is 0. The number of rotatable bonds is 8. The van der Waals surface area contributed by atoms with Crippen molar-refractivity contribution >= 4 is 5.91 Å². The van der Waals surface area contributed by atoms with Crippen LogP contribution in [0.3, 0.4) is 0 Å². The zero-order valence-electron chi connectivity index (χ0n) is 16.1. The fourth-order valence-corrected chi connectivity index (χ4v) is 2.98. The second kappa shape index (κ2) is 8.76. The summed E-state index contributed by atoms with van der Waals surface area (Å²) in [7, 11) is 0. The van der Waals surface area contributed by atoms with Crippen molar-refractivity contribution < 1.29 is 19.1 Å². The number of hydrogen-bond acceptors (Lipinski definition) is 4. The van der Waals surface area contributed by atoms with E-state index in [1.54, 1.807) is 12.1 Å². The maximum atomic E-state index is 11.8. The van der Waals surface area contributed by atoms with Gasteiger partial charge in [-0.1, -0.05) is 56.3 Å². The molecule has 1 amide bonds. The van der Waals surface area contributed by atoms with Crippen molar-refractivity contribution in [2.24, 2.45) is 0 Å².